The summed E-state index contributed by atoms with van der Waals surface area (Å²) in [6.07, 6.45) is 6.73. The summed E-state index contributed by atoms with van der Waals surface area (Å²) < 4.78 is 13.4. The fourth-order valence-corrected chi connectivity index (χ4v) is 4.09. The lowest BCUT2D eigenvalue weighted by Gasteiger charge is -2.31. The molecular weight excluding hydrogens is 382 g/mol. The van der Waals surface area contributed by atoms with E-state index >= 15 is 0 Å². The summed E-state index contributed by atoms with van der Waals surface area (Å²) in [5.41, 5.74) is 3.61. The van der Waals surface area contributed by atoms with E-state index in [1.807, 2.05) is 0 Å². The highest BCUT2D eigenvalue weighted by Crippen LogP contribution is 2.43. The molecule has 2 aliphatic rings. The molecule has 1 aromatic carbocycles. The van der Waals surface area contributed by atoms with Crippen LogP contribution in [0, 0.1) is 0 Å². The van der Waals surface area contributed by atoms with Crippen LogP contribution in [0.3, 0.4) is 0 Å². The Kier molecular flexibility index (Phi) is 4.58. The molecule has 1 atom stereocenters. The van der Waals surface area contributed by atoms with Crippen molar-refractivity contribution < 1.29 is 14.3 Å². The average Bonchev–Trinajstić information content (AvgIpc) is 3.34. The van der Waals surface area contributed by atoms with Crippen molar-refractivity contribution in [2.75, 3.05) is 36.5 Å². The predicted octanol–water partition coefficient (Wildman–Crippen LogP) is 2.92. The fourth-order valence-electron chi connectivity index (χ4n) is 4.09. The van der Waals surface area contributed by atoms with E-state index in [1.165, 1.54) is 0 Å². The van der Waals surface area contributed by atoms with E-state index in [-0.39, 0.29) is 11.5 Å². The standard InChI is InChI=1S/C22H25N5O3/c1-3-22(2)13-15-11-17(18(12-19(15)30-22)26-7-9-29-10-8-26)25-21(28)16-14-24-27-6-4-5-23-20(16)27/h4-6,11-12,14H,3,7-10,13H2,1-2H3,(H,25,28). The van der Waals surface area contributed by atoms with Crippen molar-refractivity contribution in [3.63, 3.8) is 0 Å². The number of fused-ring (bicyclic) bond motifs is 2. The van der Waals surface area contributed by atoms with Crippen molar-refractivity contribution in [2.24, 2.45) is 0 Å². The summed E-state index contributed by atoms with van der Waals surface area (Å²) in [6.45, 7) is 7.13. The maximum Gasteiger partial charge on any atom is 0.261 e. The van der Waals surface area contributed by atoms with E-state index < -0.39 is 0 Å². The van der Waals surface area contributed by atoms with Crippen LogP contribution in [0.4, 0.5) is 11.4 Å². The highest BCUT2D eigenvalue weighted by molar-refractivity contribution is 6.09. The maximum absolute atomic E-state index is 13.1. The molecule has 2 aromatic heterocycles. The molecule has 1 amide bonds. The minimum absolute atomic E-state index is 0.209. The highest BCUT2D eigenvalue weighted by atomic mass is 16.5. The van der Waals surface area contributed by atoms with Crippen LogP contribution in [-0.4, -0.2) is 52.4 Å². The number of hydrogen-bond donors (Lipinski definition) is 1. The van der Waals surface area contributed by atoms with Gasteiger partial charge >= 0.3 is 0 Å². The summed E-state index contributed by atoms with van der Waals surface area (Å²) >= 11 is 0. The molecule has 1 unspecified atom stereocenters. The third-order valence-corrected chi connectivity index (χ3v) is 5.97. The molecule has 0 aliphatic carbocycles. The Morgan fingerprint density at radius 3 is 2.93 bits per heavy atom. The number of nitrogens with zero attached hydrogens (tertiary/aromatic N) is 4. The van der Waals surface area contributed by atoms with E-state index in [1.54, 1.807) is 29.2 Å². The summed E-state index contributed by atoms with van der Waals surface area (Å²) in [7, 11) is 0. The van der Waals surface area contributed by atoms with Gasteiger partial charge in [0.2, 0.25) is 0 Å². The lowest BCUT2D eigenvalue weighted by atomic mass is 9.96. The predicted molar refractivity (Wildman–Crippen MR) is 113 cm³/mol. The first kappa shape index (κ1) is 18.9. The van der Waals surface area contributed by atoms with Gasteiger partial charge in [-0.2, -0.15) is 5.10 Å². The number of hydrogen-bond acceptors (Lipinski definition) is 6. The van der Waals surface area contributed by atoms with Crippen LogP contribution >= 0.6 is 0 Å². The Bertz CT molecular complexity index is 1110. The van der Waals surface area contributed by atoms with Crippen LogP contribution in [-0.2, 0) is 11.2 Å². The van der Waals surface area contributed by atoms with Gasteiger partial charge in [-0.3, -0.25) is 4.79 Å². The lowest BCUT2D eigenvalue weighted by Crippen LogP contribution is -2.36. The van der Waals surface area contributed by atoms with Crippen molar-refractivity contribution in [1.82, 2.24) is 14.6 Å². The van der Waals surface area contributed by atoms with E-state index in [2.05, 4.69) is 46.3 Å². The first-order chi connectivity index (χ1) is 14.6. The highest BCUT2D eigenvalue weighted by Gasteiger charge is 2.34. The topological polar surface area (TPSA) is 81.0 Å². The minimum Gasteiger partial charge on any atom is -0.487 e. The zero-order valence-electron chi connectivity index (χ0n) is 17.2. The second-order valence-electron chi connectivity index (χ2n) is 8.06. The maximum atomic E-state index is 13.1. The van der Waals surface area contributed by atoms with Crippen LogP contribution in [0.25, 0.3) is 5.65 Å². The number of carbonyl (C=O) groups is 1. The molecule has 5 rings (SSSR count). The third-order valence-electron chi connectivity index (χ3n) is 5.97. The van der Waals surface area contributed by atoms with Crippen molar-refractivity contribution in [1.29, 1.82) is 0 Å². The second kappa shape index (κ2) is 7.28. The quantitative estimate of drug-likeness (QED) is 0.716. The molecule has 1 fully saturated rings. The Morgan fingerprint density at radius 1 is 1.30 bits per heavy atom. The molecule has 156 valence electrons. The van der Waals surface area contributed by atoms with Gasteiger partial charge in [0, 0.05) is 43.5 Å². The molecule has 8 heteroatoms. The molecule has 2 aliphatic heterocycles. The van der Waals surface area contributed by atoms with Crippen molar-refractivity contribution in [2.45, 2.75) is 32.3 Å². The van der Waals surface area contributed by atoms with E-state index in [0.717, 1.165) is 48.6 Å². The summed E-state index contributed by atoms with van der Waals surface area (Å²) in [5.74, 6) is 0.673. The first-order valence-electron chi connectivity index (χ1n) is 10.3. The lowest BCUT2D eigenvalue weighted by molar-refractivity contribution is 0.102. The van der Waals surface area contributed by atoms with Gasteiger partial charge in [0.15, 0.2) is 5.65 Å². The van der Waals surface area contributed by atoms with E-state index in [0.29, 0.717) is 24.4 Å². The summed E-state index contributed by atoms with van der Waals surface area (Å²) in [6, 6.07) is 5.90. The summed E-state index contributed by atoms with van der Waals surface area (Å²) in [5, 5.41) is 7.34. The van der Waals surface area contributed by atoms with Gasteiger partial charge < -0.3 is 19.7 Å². The molecule has 0 radical (unpaired) electrons. The number of benzene rings is 1. The van der Waals surface area contributed by atoms with Crippen molar-refractivity contribution in [3.8, 4) is 5.75 Å². The Balaban J connectivity index is 1.51. The zero-order chi connectivity index (χ0) is 20.7. The van der Waals surface area contributed by atoms with Crippen molar-refractivity contribution in [3.05, 3.63) is 47.9 Å². The van der Waals surface area contributed by atoms with Gasteiger partial charge in [0.05, 0.1) is 30.8 Å². The molecule has 0 saturated carbocycles. The molecule has 4 heterocycles. The smallest absolute Gasteiger partial charge is 0.261 e. The molecule has 0 bridgehead atoms. The molecule has 3 aromatic rings. The van der Waals surface area contributed by atoms with Crippen LogP contribution in [0.15, 0.2) is 36.8 Å². The average molecular weight is 407 g/mol. The number of anilines is 2. The van der Waals surface area contributed by atoms with Gasteiger partial charge in [-0.15, -0.1) is 0 Å². The number of morpholine rings is 1. The van der Waals surface area contributed by atoms with Gasteiger partial charge in [0.1, 0.15) is 16.9 Å². The van der Waals surface area contributed by atoms with Gasteiger partial charge in [-0.05, 0) is 25.5 Å². The molecule has 1 N–H and O–H groups in total. The van der Waals surface area contributed by atoms with Gasteiger partial charge in [-0.1, -0.05) is 6.92 Å². The number of ether oxygens (including phenoxy) is 2. The van der Waals surface area contributed by atoms with Crippen LogP contribution in [0.1, 0.15) is 36.2 Å². The minimum atomic E-state index is -0.227. The second-order valence-corrected chi connectivity index (χ2v) is 8.06. The Morgan fingerprint density at radius 2 is 2.13 bits per heavy atom. The SMILES string of the molecule is CCC1(C)Cc2cc(NC(=O)c3cnn4cccnc34)c(N3CCOCC3)cc2O1. The number of rotatable bonds is 4. The molecular formula is C22H25N5O3. The third kappa shape index (κ3) is 3.27. The van der Waals surface area contributed by atoms with Gasteiger partial charge in [0.25, 0.3) is 5.91 Å². The number of aromatic nitrogens is 3. The first-order valence-corrected chi connectivity index (χ1v) is 10.3. The van der Waals surface area contributed by atoms with Crippen LogP contribution in [0.5, 0.6) is 5.75 Å². The fraction of sp³-hybridized carbons (Fsp3) is 0.409. The van der Waals surface area contributed by atoms with E-state index in [9.17, 15) is 4.79 Å². The van der Waals surface area contributed by atoms with Gasteiger partial charge in [-0.25, -0.2) is 9.50 Å². The monoisotopic (exact) mass is 407 g/mol. The summed E-state index contributed by atoms with van der Waals surface area (Å²) in [4.78, 5) is 19.7. The normalized spacial score (nSPS) is 20.8. The Labute approximate surface area is 174 Å². The van der Waals surface area contributed by atoms with Crippen LogP contribution in [0.2, 0.25) is 0 Å². The molecule has 1 saturated heterocycles. The van der Waals surface area contributed by atoms with E-state index in [4.69, 9.17) is 9.47 Å². The largest absolute Gasteiger partial charge is 0.487 e. The number of amides is 1. The Hall–Kier alpha value is -3.13. The van der Waals surface area contributed by atoms with Crippen molar-refractivity contribution >= 4 is 22.9 Å². The number of carbonyl (C=O) groups excluding carboxylic acids is 1. The molecule has 0 spiro atoms. The molecule has 8 nitrogen and oxygen atoms in total. The van der Waals surface area contributed by atoms with Crippen LogP contribution < -0.4 is 15.0 Å². The zero-order valence-corrected chi connectivity index (χ0v) is 17.2. The molecule has 30 heavy (non-hydrogen) atoms. The number of nitrogens with one attached hydrogen (secondary N) is 1.